The standard InChI is InChI=1S/C14H20N2O4/c1-19-11-5-3-4-10(12(11)20-2)16-13(18)15-8-14(9-17)6-7-14/h3-5,17H,6-9H2,1-2H3,(H2,15,16,18). The Kier molecular flexibility index (Phi) is 4.34. The highest BCUT2D eigenvalue weighted by molar-refractivity contribution is 5.91. The lowest BCUT2D eigenvalue weighted by Gasteiger charge is -2.16. The molecule has 1 aliphatic rings. The number of para-hydroxylation sites is 1. The molecule has 0 heterocycles. The van der Waals surface area contributed by atoms with Crippen molar-refractivity contribution in [1.29, 1.82) is 0 Å². The van der Waals surface area contributed by atoms with Crippen molar-refractivity contribution < 1.29 is 19.4 Å². The van der Waals surface area contributed by atoms with Gasteiger partial charge in [-0.1, -0.05) is 6.07 Å². The summed E-state index contributed by atoms with van der Waals surface area (Å²) < 4.78 is 10.4. The molecule has 2 amide bonds. The lowest BCUT2D eigenvalue weighted by Crippen LogP contribution is -2.35. The minimum atomic E-state index is -0.323. The zero-order valence-electron chi connectivity index (χ0n) is 11.7. The van der Waals surface area contributed by atoms with Crippen LogP contribution in [0.15, 0.2) is 18.2 Å². The van der Waals surface area contributed by atoms with E-state index in [0.29, 0.717) is 23.7 Å². The quantitative estimate of drug-likeness (QED) is 0.739. The van der Waals surface area contributed by atoms with Crippen LogP contribution >= 0.6 is 0 Å². The number of carbonyl (C=O) groups excluding carboxylic acids is 1. The number of methoxy groups -OCH3 is 2. The smallest absolute Gasteiger partial charge is 0.319 e. The molecular formula is C14H20N2O4. The number of anilines is 1. The number of benzene rings is 1. The van der Waals surface area contributed by atoms with E-state index in [-0.39, 0.29) is 18.1 Å². The van der Waals surface area contributed by atoms with E-state index in [1.165, 1.54) is 7.11 Å². The molecule has 0 aliphatic heterocycles. The average molecular weight is 280 g/mol. The van der Waals surface area contributed by atoms with Crippen molar-refractivity contribution in [3.63, 3.8) is 0 Å². The van der Waals surface area contributed by atoms with Crippen molar-refractivity contribution in [1.82, 2.24) is 5.32 Å². The normalized spacial score (nSPS) is 15.3. The molecule has 20 heavy (non-hydrogen) atoms. The highest BCUT2D eigenvalue weighted by Crippen LogP contribution is 2.44. The minimum Gasteiger partial charge on any atom is -0.493 e. The summed E-state index contributed by atoms with van der Waals surface area (Å²) in [7, 11) is 3.06. The molecule has 1 aromatic rings. The summed E-state index contributed by atoms with van der Waals surface area (Å²) in [5.74, 6) is 1.03. The first kappa shape index (κ1) is 14.5. The summed E-state index contributed by atoms with van der Waals surface area (Å²) in [5, 5.41) is 14.7. The summed E-state index contributed by atoms with van der Waals surface area (Å²) >= 11 is 0. The van der Waals surface area contributed by atoms with E-state index in [4.69, 9.17) is 9.47 Å². The second-order valence-corrected chi connectivity index (χ2v) is 5.01. The van der Waals surface area contributed by atoms with E-state index in [9.17, 15) is 9.90 Å². The predicted octanol–water partition coefficient (Wildman–Crippen LogP) is 1.60. The van der Waals surface area contributed by atoms with Gasteiger partial charge in [-0.15, -0.1) is 0 Å². The number of carbonyl (C=O) groups is 1. The molecule has 110 valence electrons. The average Bonchev–Trinajstić information content (AvgIpc) is 3.25. The molecule has 1 saturated carbocycles. The molecule has 0 bridgehead atoms. The number of nitrogens with one attached hydrogen (secondary N) is 2. The molecule has 0 unspecified atom stereocenters. The van der Waals surface area contributed by atoms with Crippen LogP contribution in [0.4, 0.5) is 10.5 Å². The first-order chi connectivity index (χ1) is 9.64. The van der Waals surface area contributed by atoms with Crippen molar-refractivity contribution >= 4 is 11.7 Å². The summed E-state index contributed by atoms with van der Waals surface area (Å²) in [4.78, 5) is 11.9. The Bertz CT molecular complexity index is 486. The first-order valence-electron chi connectivity index (χ1n) is 6.51. The van der Waals surface area contributed by atoms with Crippen LogP contribution in [0, 0.1) is 5.41 Å². The first-order valence-corrected chi connectivity index (χ1v) is 6.51. The van der Waals surface area contributed by atoms with Crippen molar-refractivity contribution in [2.75, 3.05) is 32.7 Å². The van der Waals surface area contributed by atoms with Crippen LogP contribution in [0.2, 0.25) is 0 Å². The number of amides is 2. The SMILES string of the molecule is COc1cccc(NC(=O)NCC2(CO)CC2)c1OC. The number of hydrogen-bond donors (Lipinski definition) is 3. The van der Waals surface area contributed by atoms with Crippen molar-refractivity contribution in [2.45, 2.75) is 12.8 Å². The minimum absolute atomic E-state index is 0.107. The maximum absolute atomic E-state index is 11.9. The number of aliphatic hydroxyl groups excluding tert-OH is 1. The van der Waals surface area contributed by atoms with Gasteiger partial charge in [0.1, 0.15) is 0 Å². The molecule has 2 rings (SSSR count). The van der Waals surface area contributed by atoms with E-state index in [1.807, 2.05) is 0 Å². The fraction of sp³-hybridized carbons (Fsp3) is 0.500. The Morgan fingerprint density at radius 2 is 2.10 bits per heavy atom. The second-order valence-electron chi connectivity index (χ2n) is 5.01. The molecule has 0 radical (unpaired) electrons. The third-order valence-electron chi connectivity index (χ3n) is 3.57. The number of rotatable bonds is 6. The Balaban J connectivity index is 1.97. The second kappa shape index (κ2) is 6.00. The third kappa shape index (κ3) is 3.14. The fourth-order valence-corrected chi connectivity index (χ4v) is 1.99. The molecule has 0 spiro atoms. The van der Waals surface area contributed by atoms with Gasteiger partial charge in [0.05, 0.1) is 26.5 Å². The van der Waals surface area contributed by atoms with E-state index in [0.717, 1.165) is 12.8 Å². The number of aliphatic hydroxyl groups is 1. The maximum Gasteiger partial charge on any atom is 0.319 e. The van der Waals surface area contributed by atoms with Crippen LogP contribution in [0.3, 0.4) is 0 Å². The van der Waals surface area contributed by atoms with Crippen LogP contribution in [0.5, 0.6) is 11.5 Å². The zero-order valence-corrected chi connectivity index (χ0v) is 11.7. The van der Waals surface area contributed by atoms with E-state index < -0.39 is 0 Å². The lowest BCUT2D eigenvalue weighted by molar-refractivity contribution is 0.206. The molecule has 1 aliphatic carbocycles. The van der Waals surface area contributed by atoms with E-state index >= 15 is 0 Å². The van der Waals surface area contributed by atoms with Crippen LogP contribution in [0.25, 0.3) is 0 Å². The molecule has 0 atom stereocenters. The van der Waals surface area contributed by atoms with Gasteiger partial charge in [0.2, 0.25) is 0 Å². The van der Waals surface area contributed by atoms with Gasteiger partial charge in [-0.2, -0.15) is 0 Å². The summed E-state index contributed by atoms with van der Waals surface area (Å²) in [6.45, 7) is 0.581. The molecule has 1 aromatic carbocycles. The molecule has 1 fully saturated rings. The Morgan fingerprint density at radius 1 is 1.35 bits per heavy atom. The third-order valence-corrected chi connectivity index (χ3v) is 3.57. The number of urea groups is 1. The van der Waals surface area contributed by atoms with Crippen LogP contribution in [-0.2, 0) is 0 Å². The van der Waals surface area contributed by atoms with Gasteiger partial charge in [-0.3, -0.25) is 0 Å². The van der Waals surface area contributed by atoms with Gasteiger partial charge < -0.3 is 25.2 Å². The zero-order chi connectivity index (χ0) is 14.6. The Morgan fingerprint density at radius 3 is 2.65 bits per heavy atom. The Labute approximate surface area is 118 Å². The van der Waals surface area contributed by atoms with Crippen LogP contribution < -0.4 is 20.1 Å². The van der Waals surface area contributed by atoms with Crippen LogP contribution in [-0.4, -0.2) is 38.5 Å². The Hall–Kier alpha value is -1.95. The van der Waals surface area contributed by atoms with Crippen molar-refractivity contribution in [2.24, 2.45) is 5.41 Å². The van der Waals surface area contributed by atoms with E-state index in [1.54, 1.807) is 25.3 Å². The fourth-order valence-electron chi connectivity index (χ4n) is 1.99. The van der Waals surface area contributed by atoms with Crippen LogP contribution in [0.1, 0.15) is 12.8 Å². The van der Waals surface area contributed by atoms with Crippen molar-refractivity contribution in [3.05, 3.63) is 18.2 Å². The predicted molar refractivity (Wildman–Crippen MR) is 75.3 cm³/mol. The number of hydrogen-bond acceptors (Lipinski definition) is 4. The highest BCUT2D eigenvalue weighted by atomic mass is 16.5. The molecule has 3 N–H and O–H groups in total. The summed E-state index contributed by atoms with van der Waals surface area (Å²) in [6, 6.07) is 4.94. The van der Waals surface area contributed by atoms with Gasteiger partial charge >= 0.3 is 6.03 Å². The van der Waals surface area contributed by atoms with Gasteiger partial charge in [-0.25, -0.2) is 4.79 Å². The van der Waals surface area contributed by atoms with Gasteiger partial charge in [0.15, 0.2) is 11.5 Å². The molecule has 6 heteroatoms. The molecule has 6 nitrogen and oxygen atoms in total. The lowest BCUT2D eigenvalue weighted by atomic mass is 10.1. The largest absolute Gasteiger partial charge is 0.493 e. The monoisotopic (exact) mass is 280 g/mol. The highest BCUT2D eigenvalue weighted by Gasteiger charge is 2.42. The summed E-state index contributed by atoms with van der Waals surface area (Å²) in [6.07, 6.45) is 1.90. The van der Waals surface area contributed by atoms with Gasteiger partial charge in [-0.05, 0) is 25.0 Å². The molecule has 0 saturated heterocycles. The topological polar surface area (TPSA) is 79.8 Å². The summed E-state index contributed by atoms with van der Waals surface area (Å²) in [5.41, 5.74) is 0.425. The number of ether oxygens (including phenoxy) is 2. The molecule has 0 aromatic heterocycles. The van der Waals surface area contributed by atoms with Crippen molar-refractivity contribution in [3.8, 4) is 11.5 Å². The van der Waals surface area contributed by atoms with Gasteiger partial charge in [0.25, 0.3) is 0 Å². The van der Waals surface area contributed by atoms with Gasteiger partial charge in [0, 0.05) is 12.0 Å². The maximum atomic E-state index is 11.9. The molecular weight excluding hydrogens is 260 g/mol. The van der Waals surface area contributed by atoms with E-state index in [2.05, 4.69) is 10.6 Å².